The number of nitriles is 1. The number of nitrogens with zero attached hydrogens (tertiary/aromatic N) is 3. The molecule has 0 saturated carbocycles. The minimum absolute atomic E-state index is 0.0468. The first kappa shape index (κ1) is 22.2. The predicted molar refractivity (Wildman–Crippen MR) is 108 cm³/mol. The number of nitro groups is 1. The van der Waals surface area contributed by atoms with E-state index in [2.05, 4.69) is 6.58 Å². The highest BCUT2D eigenvalue weighted by molar-refractivity contribution is 5.89. The van der Waals surface area contributed by atoms with Gasteiger partial charge in [0.2, 0.25) is 0 Å². The van der Waals surface area contributed by atoms with Crippen LogP contribution in [-0.2, 0) is 16.1 Å². The van der Waals surface area contributed by atoms with Crippen LogP contribution in [0, 0.1) is 21.6 Å². The molecule has 0 heterocycles. The van der Waals surface area contributed by atoms with Gasteiger partial charge in [-0.3, -0.25) is 15.0 Å². The van der Waals surface area contributed by atoms with Gasteiger partial charge in [-0.15, -0.1) is 0 Å². The van der Waals surface area contributed by atoms with Gasteiger partial charge in [0, 0.05) is 0 Å². The van der Waals surface area contributed by atoms with Crippen molar-refractivity contribution in [2.45, 2.75) is 12.6 Å². The Bertz CT molecular complexity index is 984. The third-order valence-electron chi connectivity index (χ3n) is 4.44. The second kappa shape index (κ2) is 9.93. The summed E-state index contributed by atoms with van der Waals surface area (Å²) in [6, 6.07) is 10.4. The normalized spacial score (nSPS) is 11.0. The highest BCUT2D eigenvalue weighted by Gasteiger charge is 2.34. The topological polar surface area (TPSA) is 115 Å². The van der Waals surface area contributed by atoms with Crippen LogP contribution in [0.1, 0.15) is 17.2 Å². The fourth-order valence-electron chi connectivity index (χ4n) is 3.01. The number of hydrogen-bond acceptors (Lipinski definition) is 8. The van der Waals surface area contributed by atoms with E-state index in [1.165, 1.54) is 38.4 Å². The van der Waals surface area contributed by atoms with E-state index >= 15 is 0 Å². The lowest BCUT2D eigenvalue weighted by Gasteiger charge is -2.28. The Morgan fingerprint density at radius 3 is 2.30 bits per heavy atom. The molecule has 0 aliphatic carbocycles. The van der Waals surface area contributed by atoms with Crippen molar-refractivity contribution >= 4 is 11.7 Å². The summed E-state index contributed by atoms with van der Waals surface area (Å²) < 4.78 is 15.2. The standard InChI is InChI=1S/C21H21N3O6/c1-14(21(25)30-4)20(23(13-22)12-15-8-6-5-7-9-15)16-10-18(28-2)19(29-3)11-17(16)24(26)27/h5-11,20H,1,12H2,2-4H3. The summed E-state index contributed by atoms with van der Waals surface area (Å²) in [4.78, 5) is 24.7. The number of esters is 1. The smallest absolute Gasteiger partial charge is 0.335 e. The van der Waals surface area contributed by atoms with Crippen LogP contribution in [-0.4, -0.2) is 37.1 Å². The van der Waals surface area contributed by atoms with Crippen LogP contribution in [0.5, 0.6) is 11.5 Å². The number of benzene rings is 2. The molecule has 30 heavy (non-hydrogen) atoms. The number of carbonyl (C=O) groups excluding carboxylic acids is 1. The zero-order valence-corrected chi connectivity index (χ0v) is 16.8. The van der Waals surface area contributed by atoms with Crippen molar-refractivity contribution < 1.29 is 23.9 Å². The summed E-state index contributed by atoms with van der Waals surface area (Å²) in [5.74, 6) is -0.447. The van der Waals surface area contributed by atoms with Crippen molar-refractivity contribution in [2.24, 2.45) is 0 Å². The maximum absolute atomic E-state index is 12.3. The van der Waals surface area contributed by atoms with Crippen LogP contribution >= 0.6 is 0 Å². The van der Waals surface area contributed by atoms with E-state index in [9.17, 15) is 20.2 Å². The second-order valence-electron chi connectivity index (χ2n) is 6.16. The zero-order chi connectivity index (χ0) is 22.3. The highest BCUT2D eigenvalue weighted by atomic mass is 16.6. The molecule has 0 aliphatic heterocycles. The molecule has 0 fully saturated rings. The van der Waals surface area contributed by atoms with Gasteiger partial charge in [0.1, 0.15) is 6.04 Å². The van der Waals surface area contributed by atoms with Crippen molar-refractivity contribution in [1.29, 1.82) is 5.26 Å². The first-order valence-corrected chi connectivity index (χ1v) is 8.75. The average Bonchev–Trinajstić information content (AvgIpc) is 2.77. The molecule has 0 amide bonds. The second-order valence-corrected chi connectivity index (χ2v) is 6.16. The lowest BCUT2D eigenvalue weighted by Crippen LogP contribution is -2.29. The van der Waals surface area contributed by atoms with Crippen molar-refractivity contribution in [3.63, 3.8) is 0 Å². The molecule has 9 heteroatoms. The molecule has 156 valence electrons. The monoisotopic (exact) mass is 411 g/mol. The van der Waals surface area contributed by atoms with Gasteiger partial charge in [-0.2, -0.15) is 5.26 Å². The van der Waals surface area contributed by atoms with Gasteiger partial charge >= 0.3 is 5.97 Å². The van der Waals surface area contributed by atoms with Gasteiger partial charge in [-0.25, -0.2) is 4.79 Å². The third-order valence-corrected chi connectivity index (χ3v) is 4.44. The third kappa shape index (κ3) is 4.67. The molecule has 0 saturated heterocycles. The summed E-state index contributed by atoms with van der Waals surface area (Å²) >= 11 is 0. The molecule has 0 aliphatic rings. The van der Waals surface area contributed by atoms with E-state index in [-0.39, 0.29) is 34.9 Å². The fourth-order valence-corrected chi connectivity index (χ4v) is 3.01. The average molecular weight is 411 g/mol. The summed E-state index contributed by atoms with van der Waals surface area (Å²) in [5, 5.41) is 21.6. The number of nitro benzene ring substituents is 1. The van der Waals surface area contributed by atoms with E-state index in [0.717, 1.165) is 5.56 Å². The fraction of sp³-hybridized carbons (Fsp3) is 0.238. The van der Waals surface area contributed by atoms with E-state index < -0.39 is 16.9 Å². The minimum atomic E-state index is -1.16. The van der Waals surface area contributed by atoms with Gasteiger partial charge in [0.05, 0.1) is 50.0 Å². The first-order valence-electron chi connectivity index (χ1n) is 8.75. The molecular weight excluding hydrogens is 390 g/mol. The van der Waals surface area contributed by atoms with Crippen LogP contribution in [0.25, 0.3) is 0 Å². The van der Waals surface area contributed by atoms with E-state index in [1.54, 1.807) is 24.3 Å². The van der Waals surface area contributed by atoms with Crippen molar-refractivity contribution in [1.82, 2.24) is 4.90 Å². The van der Waals surface area contributed by atoms with Crippen molar-refractivity contribution in [2.75, 3.05) is 21.3 Å². The van der Waals surface area contributed by atoms with E-state index in [1.807, 2.05) is 12.3 Å². The molecule has 2 aromatic rings. The quantitative estimate of drug-likeness (QED) is 0.154. The zero-order valence-electron chi connectivity index (χ0n) is 16.8. The molecule has 0 bridgehead atoms. The number of rotatable bonds is 9. The van der Waals surface area contributed by atoms with Gasteiger partial charge < -0.3 is 14.2 Å². The van der Waals surface area contributed by atoms with E-state index in [0.29, 0.717) is 0 Å². The lowest BCUT2D eigenvalue weighted by molar-refractivity contribution is -0.385. The molecule has 0 aromatic heterocycles. The van der Waals surface area contributed by atoms with Crippen molar-refractivity contribution in [3.8, 4) is 17.7 Å². The Labute approximate surface area is 173 Å². The van der Waals surface area contributed by atoms with Gasteiger partial charge in [0.25, 0.3) is 5.69 Å². The Morgan fingerprint density at radius 1 is 1.20 bits per heavy atom. The molecule has 0 spiro atoms. The number of hydrogen-bond donors (Lipinski definition) is 0. The lowest BCUT2D eigenvalue weighted by atomic mass is 9.95. The molecule has 0 N–H and O–H groups in total. The predicted octanol–water partition coefficient (Wildman–Crippen LogP) is 3.37. The Hall–Kier alpha value is -4.06. The number of methoxy groups -OCH3 is 3. The Kier molecular flexibility index (Phi) is 7.36. The summed E-state index contributed by atoms with van der Waals surface area (Å²) in [6.07, 6.45) is 2.01. The molecular formula is C21H21N3O6. The van der Waals surface area contributed by atoms with Crippen LogP contribution in [0.4, 0.5) is 5.69 Å². The van der Waals surface area contributed by atoms with E-state index in [4.69, 9.17) is 14.2 Å². The summed E-state index contributed by atoms with van der Waals surface area (Å²) in [7, 11) is 3.90. The first-order chi connectivity index (χ1) is 14.4. The summed E-state index contributed by atoms with van der Waals surface area (Å²) in [5.41, 5.74) is 0.330. The van der Waals surface area contributed by atoms with Crippen molar-refractivity contribution in [3.05, 3.63) is 75.9 Å². The van der Waals surface area contributed by atoms with Gasteiger partial charge in [-0.1, -0.05) is 36.9 Å². The molecule has 1 unspecified atom stereocenters. The molecule has 2 rings (SSSR count). The maximum atomic E-state index is 12.3. The van der Waals surface area contributed by atoms with Crippen LogP contribution in [0.15, 0.2) is 54.6 Å². The summed E-state index contributed by atoms with van der Waals surface area (Å²) in [6.45, 7) is 3.84. The van der Waals surface area contributed by atoms with Gasteiger partial charge in [0.15, 0.2) is 17.7 Å². The maximum Gasteiger partial charge on any atom is 0.335 e. The Morgan fingerprint density at radius 2 is 1.80 bits per heavy atom. The number of carbonyl (C=O) groups is 1. The molecule has 0 radical (unpaired) electrons. The highest BCUT2D eigenvalue weighted by Crippen LogP contribution is 2.41. The Balaban J connectivity index is 2.70. The minimum Gasteiger partial charge on any atom is -0.493 e. The van der Waals surface area contributed by atoms with Gasteiger partial charge in [-0.05, 0) is 11.6 Å². The molecule has 9 nitrogen and oxygen atoms in total. The SMILES string of the molecule is C=C(C(=O)OC)C(c1cc(OC)c(OC)cc1[N+](=O)[O-])N(C#N)Cc1ccccc1. The molecule has 2 aromatic carbocycles. The van der Waals surface area contributed by atoms with Crippen LogP contribution < -0.4 is 9.47 Å². The van der Waals surface area contributed by atoms with Crippen LogP contribution in [0.2, 0.25) is 0 Å². The molecule has 1 atom stereocenters. The number of ether oxygens (including phenoxy) is 3. The largest absolute Gasteiger partial charge is 0.493 e. The van der Waals surface area contributed by atoms with Crippen LogP contribution in [0.3, 0.4) is 0 Å².